The second kappa shape index (κ2) is 12.3. The highest BCUT2D eigenvalue weighted by molar-refractivity contribution is 6.39. The summed E-state index contributed by atoms with van der Waals surface area (Å²) < 4.78 is 14.5. The molecular weight excluding hydrogens is 534 g/mol. The van der Waals surface area contributed by atoms with Crippen LogP contribution in [0.15, 0.2) is 101 Å². The lowest BCUT2D eigenvalue weighted by Crippen LogP contribution is -2.34. The second-order valence-electron chi connectivity index (χ2n) is 9.43. The van der Waals surface area contributed by atoms with Gasteiger partial charge in [-0.2, -0.15) is 5.10 Å². The first kappa shape index (κ1) is 27.9. The standard InChI is InChI=1S/C32H29N5O5/c1-21-29(32(40)37(36(21)2)25-13-5-4-6-14-25)34-30(38)31(39)35-33-19-22-16-17-27(28(18-22)41-3)42-20-24-12-9-11-23-10-7-8-15-26(23)24/h4-19H,20H2,1-3H3,(H,34,38)(H,35,39). The van der Waals surface area contributed by atoms with Crippen LogP contribution in [0.2, 0.25) is 0 Å². The number of carbonyl (C=O) groups is 2. The maximum absolute atomic E-state index is 13.0. The highest BCUT2D eigenvalue weighted by atomic mass is 16.5. The molecule has 10 nitrogen and oxygen atoms in total. The number of amides is 2. The van der Waals surface area contributed by atoms with E-state index in [9.17, 15) is 14.4 Å². The number of para-hydroxylation sites is 1. The van der Waals surface area contributed by atoms with Crippen molar-refractivity contribution in [2.45, 2.75) is 13.5 Å². The van der Waals surface area contributed by atoms with Gasteiger partial charge in [0, 0.05) is 7.05 Å². The SMILES string of the molecule is COc1cc(C=NNC(=O)C(=O)Nc2c(C)n(C)n(-c3ccccc3)c2=O)ccc1OCc1cccc2ccccc12. The van der Waals surface area contributed by atoms with Crippen LogP contribution in [-0.2, 0) is 23.2 Å². The summed E-state index contributed by atoms with van der Waals surface area (Å²) in [5.41, 5.74) is 4.51. The quantitative estimate of drug-likeness (QED) is 0.166. The Hall–Kier alpha value is -5.64. The van der Waals surface area contributed by atoms with Gasteiger partial charge in [0.1, 0.15) is 12.3 Å². The minimum absolute atomic E-state index is 0.00862. The predicted octanol–water partition coefficient (Wildman–Crippen LogP) is 4.31. The zero-order valence-corrected chi connectivity index (χ0v) is 23.3. The van der Waals surface area contributed by atoms with Gasteiger partial charge in [-0.3, -0.25) is 19.1 Å². The van der Waals surface area contributed by atoms with Crippen molar-refractivity contribution < 1.29 is 19.1 Å². The van der Waals surface area contributed by atoms with Gasteiger partial charge in [-0.05, 0) is 59.2 Å². The fourth-order valence-electron chi connectivity index (χ4n) is 4.56. The van der Waals surface area contributed by atoms with Crippen LogP contribution in [0.25, 0.3) is 16.5 Å². The molecular formula is C32H29N5O5. The topological polar surface area (TPSA) is 116 Å². The smallest absolute Gasteiger partial charge is 0.329 e. The number of methoxy groups -OCH3 is 1. The zero-order chi connectivity index (χ0) is 29.6. The molecule has 2 amide bonds. The third kappa shape index (κ3) is 5.78. The van der Waals surface area contributed by atoms with Gasteiger partial charge in [-0.15, -0.1) is 0 Å². The molecule has 0 aliphatic heterocycles. The van der Waals surface area contributed by atoms with Crippen molar-refractivity contribution in [2.75, 3.05) is 12.4 Å². The number of fused-ring (bicyclic) bond motifs is 1. The Balaban J connectivity index is 1.22. The lowest BCUT2D eigenvalue weighted by Gasteiger charge is -2.12. The minimum atomic E-state index is -1.03. The largest absolute Gasteiger partial charge is 0.493 e. The third-order valence-electron chi connectivity index (χ3n) is 6.83. The molecule has 42 heavy (non-hydrogen) atoms. The average molecular weight is 564 g/mol. The van der Waals surface area contributed by atoms with Crippen LogP contribution >= 0.6 is 0 Å². The van der Waals surface area contributed by atoms with E-state index < -0.39 is 17.4 Å². The molecule has 10 heteroatoms. The number of ether oxygens (including phenoxy) is 2. The molecule has 0 fully saturated rings. The van der Waals surface area contributed by atoms with E-state index in [0.717, 1.165) is 16.3 Å². The Bertz CT molecular complexity index is 1850. The summed E-state index contributed by atoms with van der Waals surface area (Å²) >= 11 is 0. The second-order valence-corrected chi connectivity index (χ2v) is 9.43. The molecule has 5 aromatic rings. The van der Waals surface area contributed by atoms with Crippen LogP contribution in [0.5, 0.6) is 11.5 Å². The van der Waals surface area contributed by atoms with Crippen molar-refractivity contribution in [3.8, 4) is 17.2 Å². The monoisotopic (exact) mass is 563 g/mol. The maximum Gasteiger partial charge on any atom is 0.329 e. The van der Waals surface area contributed by atoms with Gasteiger partial charge in [0.2, 0.25) is 0 Å². The Labute approximate surface area is 241 Å². The van der Waals surface area contributed by atoms with Crippen LogP contribution in [0, 0.1) is 6.92 Å². The van der Waals surface area contributed by atoms with E-state index >= 15 is 0 Å². The fraction of sp³-hybridized carbons (Fsp3) is 0.125. The van der Waals surface area contributed by atoms with E-state index in [1.165, 1.54) is 18.0 Å². The molecule has 2 N–H and O–H groups in total. The Morgan fingerprint density at radius 1 is 0.905 bits per heavy atom. The molecule has 1 heterocycles. The van der Waals surface area contributed by atoms with Gasteiger partial charge < -0.3 is 14.8 Å². The molecule has 0 unspecified atom stereocenters. The van der Waals surface area contributed by atoms with Gasteiger partial charge in [0.15, 0.2) is 11.5 Å². The van der Waals surface area contributed by atoms with Gasteiger partial charge in [-0.25, -0.2) is 10.1 Å². The number of aromatic nitrogens is 2. The summed E-state index contributed by atoms with van der Waals surface area (Å²) in [4.78, 5) is 37.9. The van der Waals surface area contributed by atoms with Crippen LogP contribution in [-0.4, -0.2) is 34.5 Å². The number of nitrogens with one attached hydrogen (secondary N) is 2. The average Bonchev–Trinajstić information content (AvgIpc) is 3.23. The lowest BCUT2D eigenvalue weighted by atomic mass is 10.1. The number of hydrogen-bond donors (Lipinski definition) is 2. The summed E-state index contributed by atoms with van der Waals surface area (Å²) in [7, 11) is 3.22. The van der Waals surface area contributed by atoms with E-state index in [0.29, 0.717) is 35.1 Å². The van der Waals surface area contributed by atoms with Gasteiger partial charge >= 0.3 is 11.8 Å². The van der Waals surface area contributed by atoms with Crippen molar-refractivity contribution in [3.05, 3.63) is 118 Å². The van der Waals surface area contributed by atoms with E-state index in [1.54, 1.807) is 61.1 Å². The van der Waals surface area contributed by atoms with E-state index in [1.807, 2.05) is 30.3 Å². The molecule has 0 radical (unpaired) electrons. The number of nitrogens with zero attached hydrogens (tertiary/aromatic N) is 3. The zero-order valence-electron chi connectivity index (χ0n) is 23.3. The van der Waals surface area contributed by atoms with E-state index in [2.05, 4.69) is 34.0 Å². The van der Waals surface area contributed by atoms with Crippen molar-refractivity contribution in [3.63, 3.8) is 0 Å². The number of hydrazone groups is 1. The Kier molecular flexibility index (Phi) is 8.14. The molecule has 0 saturated carbocycles. The summed E-state index contributed by atoms with van der Waals surface area (Å²) in [5, 5.41) is 8.54. The van der Waals surface area contributed by atoms with Crippen LogP contribution < -0.4 is 25.8 Å². The van der Waals surface area contributed by atoms with Crippen molar-refractivity contribution in [1.29, 1.82) is 0 Å². The molecule has 0 atom stereocenters. The molecule has 5 rings (SSSR count). The first-order valence-electron chi connectivity index (χ1n) is 13.1. The van der Waals surface area contributed by atoms with Gasteiger partial charge in [0.05, 0.1) is 24.7 Å². The number of rotatable bonds is 8. The highest BCUT2D eigenvalue weighted by Gasteiger charge is 2.21. The van der Waals surface area contributed by atoms with Gasteiger partial charge in [0.25, 0.3) is 5.56 Å². The Morgan fingerprint density at radius 2 is 1.64 bits per heavy atom. The number of benzene rings is 4. The third-order valence-corrected chi connectivity index (χ3v) is 6.83. The first-order valence-corrected chi connectivity index (χ1v) is 13.1. The number of hydrogen-bond acceptors (Lipinski definition) is 6. The van der Waals surface area contributed by atoms with Crippen LogP contribution in [0.3, 0.4) is 0 Å². The lowest BCUT2D eigenvalue weighted by molar-refractivity contribution is -0.136. The van der Waals surface area contributed by atoms with Crippen LogP contribution in [0.4, 0.5) is 5.69 Å². The van der Waals surface area contributed by atoms with Gasteiger partial charge in [-0.1, -0.05) is 60.7 Å². The number of anilines is 1. The molecule has 0 bridgehead atoms. The molecule has 0 aliphatic rings. The molecule has 212 valence electrons. The first-order chi connectivity index (χ1) is 20.4. The maximum atomic E-state index is 13.0. The molecule has 4 aromatic carbocycles. The molecule has 0 aliphatic carbocycles. The van der Waals surface area contributed by atoms with Crippen LogP contribution in [0.1, 0.15) is 16.8 Å². The summed E-state index contributed by atoms with van der Waals surface area (Å²) in [6.45, 7) is 2.03. The molecule has 0 spiro atoms. The highest BCUT2D eigenvalue weighted by Crippen LogP contribution is 2.29. The summed E-state index contributed by atoms with van der Waals surface area (Å²) in [6, 6.07) is 28.4. The summed E-state index contributed by atoms with van der Waals surface area (Å²) in [6.07, 6.45) is 1.37. The fourth-order valence-corrected chi connectivity index (χ4v) is 4.56. The van der Waals surface area contributed by atoms with Crippen molar-refractivity contribution in [2.24, 2.45) is 12.1 Å². The molecule has 0 saturated heterocycles. The van der Waals surface area contributed by atoms with Crippen molar-refractivity contribution >= 4 is 34.5 Å². The molecule has 1 aromatic heterocycles. The van der Waals surface area contributed by atoms with E-state index in [4.69, 9.17) is 9.47 Å². The minimum Gasteiger partial charge on any atom is -0.493 e. The predicted molar refractivity (Wildman–Crippen MR) is 161 cm³/mol. The van der Waals surface area contributed by atoms with E-state index in [-0.39, 0.29) is 5.69 Å². The Morgan fingerprint density at radius 3 is 2.43 bits per heavy atom. The van der Waals surface area contributed by atoms with Crippen molar-refractivity contribution in [1.82, 2.24) is 14.8 Å². The normalized spacial score (nSPS) is 11.0. The number of carbonyl (C=O) groups excluding carboxylic acids is 2. The summed E-state index contributed by atoms with van der Waals surface area (Å²) in [5.74, 6) is -1.02.